The molecule has 2 aromatic carbocycles. The summed E-state index contributed by atoms with van der Waals surface area (Å²) in [6.45, 7) is 5.85. The van der Waals surface area contributed by atoms with E-state index in [1.165, 1.54) is 23.0 Å². The topological polar surface area (TPSA) is 97.6 Å². The molecule has 0 unspecified atom stereocenters. The monoisotopic (exact) mass is 620 g/mol. The number of carbonyl (C=O) groups excluding carboxylic acids is 1. The lowest BCUT2D eigenvalue weighted by atomic mass is 9.85. The molecule has 4 aromatic rings. The number of benzene rings is 2. The van der Waals surface area contributed by atoms with Crippen molar-refractivity contribution in [3.05, 3.63) is 88.1 Å². The molecule has 236 valence electrons. The smallest absolute Gasteiger partial charge is 0.335 e. The Bertz CT molecular complexity index is 1780. The van der Waals surface area contributed by atoms with Crippen LogP contribution in [-0.4, -0.2) is 62.7 Å². The summed E-state index contributed by atoms with van der Waals surface area (Å²) in [5, 5.41) is 16.7. The number of hydrogen-bond acceptors (Lipinski definition) is 4. The second-order valence-electron chi connectivity index (χ2n) is 12.3. The van der Waals surface area contributed by atoms with Gasteiger partial charge in [-0.1, -0.05) is 6.07 Å². The number of amides is 1. The van der Waals surface area contributed by atoms with Gasteiger partial charge in [-0.05, 0) is 88.1 Å². The molecule has 0 radical (unpaired) electrons. The fraction of sp³-hybridized carbons (Fsp3) is 0.394. The van der Waals surface area contributed by atoms with Gasteiger partial charge in [0.1, 0.15) is 5.69 Å². The van der Waals surface area contributed by atoms with E-state index in [9.17, 15) is 28.0 Å². The summed E-state index contributed by atoms with van der Waals surface area (Å²) in [4.78, 5) is 28.0. The minimum atomic E-state index is -4.62. The molecule has 12 heteroatoms. The first-order valence-electron chi connectivity index (χ1n) is 15.0. The maximum atomic E-state index is 14.0. The fourth-order valence-electron chi connectivity index (χ4n) is 6.14. The second kappa shape index (κ2) is 12.4. The standard InChI is InChI=1S/C33H36F3N7O2/c1-5-43(3,4)21-24-9-13-26(14-10-24)39-31(44)41-30(29-17-18-38-42(29)27-15-11-23(20-37)12-16-27)22(2)40(32(41)45)28-8-6-7-25(19-28)33(34,35)36/h6-8,11-12,15-19,24,26H,5,9-10,13-14,21H2,1-4H3/p+1/t24-,26+. The van der Waals surface area contributed by atoms with E-state index in [1.807, 2.05) is 0 Å². The maximum Gasteiger partial charge on any atom is 0.416 e. The minimum absolute atomic E-state index is 0.0123. The quantitative estimate of drug-likeness (QED) is 0.260. The molecule has 1 fully saturated rings. The highest BCUT2D eigenvalue weighted by molar-refractivity contribution is 5.83. The van der Waals surface area contributed by atoms with Crippen LogP contribution in [0.25, 0.3) is 22.8 Å². The van der Waals surface area contributed by atoms with E-state index in [2.05, 4.69) is 37.5 Å². The fourth-order valence-corrected chi connectivity index (χ4v) is 6.14. The van der Waals surface area contributed by atoms with E-state index >= 15 is 0 Å². The molecule has 0 spiro atoms. The number of alkyl halides is 3. The van der Waals surface area contributed by atoms with Crippen LogP contribution in [0.2, 0.25) is 0 Å². The predicted octanol–water partition coefficient (Wildman–Crippen LogP) is 5.90. The van der Waals surface area contributed by atoms with Crippen LogP contribution in [0.5, 0.6) is 0 Å². The summed E-state index contributed by atoms with van der Waals surface area (Å²) in [5.74, 6) is 0.539. The van der Waals surface area contributed by atoms with Crippen LogP contribution >= 0.6 is 0 Å². The first-order valence-corrected chi connectivity index (χ1v) is 15.0. The van der Waals surface area contributed by atoms with Crippen LogP contribution in [0.4, 0.5) is 18.0 Å². The van der Waals surface area contributed by atoms with Gasteiger partial charge in [0.05, 0.1) is 73.3 Å². The average molecular weight is 621 g/mol. The third-order valence-corrected chi connectivity index (χ3v) is 8.83. The number of imidazole rings is 1. The van der Waals surface area contributed by atoms with Gasteiger partial charge in [0.15, 0.2) is 0 Å². The van der Waals surface area contributed by atoms with E-state index in [1.54, 1.807) is 37.3 Å². The minimum Gasteiger partial charge on any atom is -0.335 e. The third kappa shape index (κ3) is 6.59. The van der Waals surface area contributed by atoms with E-state index in [4.69, 9.17) is 0 Å². The number of quaternary nitrogens is 1. The molecule has 0 atom stereocenters. The Labute approximate surface area is 259 Å². The van der Waals surface area contributed by atoms with Gasteiger partial charge in [0.25, 0.3) is 0 Å². The van der Waals surface area contributed by atoms with Crippen LogP contribution in [0.15, 0.2) is 65.6 Å². The number of nitrogens with zero attached hydrogens (tertiary/aromatic N) is 6. The van der Waals surface area contributed by atoms with Crippen molar-refractivity contribution < 1.29 is 22.4 Å². The number of carbonyl (C=O) groups is 1. The van der Waals surface area contributed by atoms with E-state index in [-0.39, 0.29) is 23.1 Å². The first-order chi connectivity index (χ1) is 21.3. The Kier molecular flexibility index (Phi) is 8.76. The van der Waals surface area contributed by atoms with Gasteiger partial charge in [-0.25, -0.2) is 18.8 Å². The number of nitriles is 1. The van der Waals surface area contributed by atoms with Gasteiger partial charge < -0.3 is 9.80 Å². The zero-order valence-electron chi connectivity index (χ0n) is 25.8. The molecule has 1 saturated carbocycles. The van der Waals surface area contributed by atoms with E-state index < -0.39 is 23.5 Å². The third-order valence-electron chi connectivity index (χ3n) is 8.83. The molecule has 1 N–H and O–H groups in total. The van der Waals surface area contributed by atoms with Gasteiger partial charge in [0, 0.05) is 12.0 Å². The summed E-state index contributed by atoms with van der Waals surface area (Å²) in [5.41, 5.74) is 0.173. The van der Waals surface area contributed by atoms with Crippen molar-refractivity contribution in [2.45, 2.75) is 51.7 Å². The van der Waals surface area contributed by atoms with Crippen LogP contribution in [0.3, 0.4) is 0 Å². The normalized spacial score (nSPS) is 17.2. The average Bonchev–Trinajstić information content (AvgIpc) is 3.59. The number of aromatic nitrogens is 4. The van der Waals surface area contributed by atoms with Crippen molar-refractivity contribution in [3.8, 4) is 28.8 Å². The molecule has 9 nitrogen and oxygen atoms in total. The van der Waals surface area contributed by atoms with Gasteiger partial charge in [-0.15, -0.1) is 0 Å². The molecular weight excluding hydrogens is 583 g/mol. The van der Waals surface area contributed by atoms with Crippen LogP contribution in [0.1, 0.15) is 49.4 Å². The van der Waals surface area contributed by atoms with Crippen molar-refractivity contribution in [1.82, 2.24) is 24.2 Å². The maximum absolute atomic E-state index is 14.0. The molecule has 45 heavy (non-hydrogen) atoms. The van der Waals surface area contributed by atoms with Crippen molar-refractivity contribution in [1.29, 1.82) is 5.26 Å². The zero-order valence-corrected chi connectivity index (χ0v) is 25.8. The highest BCUT2D eigenvalue weighted by Gasteiger charge is 2.33. The molecule has 0 bridgehead atoms. The molecule has 2 aromatic heterocycles. The number of hydrogen-bond donors (Lipinski definition) is 1. The van der Waals surface area contributed by atoms with Gasteiger partial charge in [-0.2, -0.15) is 23.5 Å². The Balaban J connectivity index is 1.56. The Hall–Kier alpha value is -4.63. The molecule has 1 aliphatic carbocycles. The molecule has 0 aliphatic heterocycles. The Morgan fingerprint density at radius 3 is 2.38 bits per heavy atom. The SMILES string of the molecule is CC[N+](C)(C)C[C@H]1CC[C@@H](NC(=O)n2c(-c3ccnn3-c3ccc(C#N)cc3)c(C)n(-c3cccc(C(F)(F)F)c3)c2=O)CC1. The molecule has 2 heterocycles. The van der Waals surface area contributed by atoms with E-state index in [0.29, 0.717) is 22.9 Å². The number of nitrogens with one attached hydrogen (secondary N) is 1. The highest BCUT2D eigenvalue weighted by atomic mass is 19.4. The van der Waals surface area contributed by atoms with Crippen molar-refractivity contribution in [2.75, 3.05) is 27.2 Å². The lowest BCUT2D eigenvalue weighted by molar-refractivity contribution is -0.892. The highest BCUT2D eigenvalue weighted by Crippen LogP contribution is 2.32. The van der Waals surface area contributed by atoms with Gasteiger partial charge in [0.2, 0.25) is 0 Å². The van der Waals surface area contributed by atoms with Crippen LogP contribution in [0, 0.1) is 24.2 Å². The lowest BCUT2D eigenvalue weighted by Crippen LogP contribution is -2.47. The van der Waals surface area contributed by atoms with Crippen molar-refractivity contribution in [3.63, 3.8) is 0 Å². The Morgan fingerprint density at radius 1 is 1.07 bits per heavy atom. The molecule has 0 saturated heterocycles. The second-order valence-corrected chi connectivity index (χ2v) is 12.3. The van der Waals surface area contributed by atoms with Gasteiger partial charge >= 0.3 is 17.9 Å². The van der Waals surface area contributed by atoms with Gasteiger partial charge in [-0.3, -0.25) is 4.57 Å². The Morgan fingerprint density at radius 2 is 1.76 bits per heavy atom. The van der Waals surface area contributed by atoms with Crippen molar-refractivity contribution >= 4 is 6.03 Å². The predicted molar refractivity (Wildman–Crippen MR) is 164 cm³/mol. The molecule has 5 rings (SSSR count). The van der Waals surface area contributed by atoms with Crippen molar-refractivity contribution in [2.24, 2.45) is 5.92 Å². The summed E-state index contributed by atoms with van der Waals surface area (Å²) in [6, 6.07) is 14.0. The zero-order chi connectivity index (χ0) is 32.5. The summed E-state index contributed by atoms with van der Waals surface area (Å²) >= 11 is 0. The molecule has 1 aliphatic rings. The first kappa shape index (κ1) is 31.8. The van der Waals surface area contributed by atoms with Crippen LogP contribution < -0.4 is 11.0 Å². The van der Waals surface area contributed by atoms with Crippen LogP contribution in [-0.2, 0) is 6.18 Å². The lowest BCUT2D eigenvalue weighted by Gasteiger charge is -2.36. The number of rotatable bonds is 7. The molecular formula is C33H37F3N7O2+. The summed E-state index contributed by atoms with van der Waals surface area (Å²) < 4.78 is 45.5. The summed E-state index contributed by atoms with van der Waals surface area (Å²) in [7, 11) is 4.42. The number of halogens is 3. The largest absolute Gasteiger partial charge is 0.416 e. The molecule has 1 amide bonds. The summed E-state index contributed by atoms with van der Waals surface area (Å²) in [6.07, 6.45) is 0.323. The van der Waals surface area contributed by atoms with E-state index in [0.717, 1.165) is 64.5 Å².